The van der Waals surface area contributed by atoms with Crippen molar-refractivity contribution in [2.45, 2.75) is 134 Å². The summed E-state index contributed by atoms with van der Waals surface area (Å²) in [5.74, 6) is -5.39. The molecule has 23 heteroatoms. The number of aromatic nitrogens is 2. The van der Waals surface area contributed by atoms with Crippen LogP contribution in [0.5, 0.6) is 0 Å². The number of guanidine groups is 1. The molecule has 23 nitrogen and oxygen atoms in total. The van der Waals surface area contributed by atoms with Crippen molar-refractivity contribution in [1.82, 2.24) is 52.5 Å². The first-order valence-electron chi connectivity index (χ1n) is 22.9. The Kier molecular flexibility index (Phi) is 23.8. The first-order valence-corrected chi connectivity index (χ1v) is 22.9. The summed E-state index contributed by atoms with van der Waals surface area (Å²) >= 11 is 0. The van der Waals surface area contributed by atoms with Gasteiger partial charge in [0.15, 0.2) is 5.96 Å². The van der Waals surface area contributed by atoms with Gasteiger partial charge in [0, 0.05) is 37.8 Å². The van der Waals surface area contributed by atoms with Crippen LogP contribution in [0.1, 0.15) is 89.8 Å². The topological polar surface area (TPSA) is 378 Å². The van der Waals surface area contributed by atoms with Crippen LogP contribution in [0.15, 0.2) is 47.8 Å². The second-order valence-corrected chi connectivity index (χ2v) is 17.0. The largest absolute Gasteiger partial charge is 0.370 e. The minimum atomic E-state index is -1.27. The molecule has 67 heavy (non-hydrogen) atoms. The molecular weight excluding hydrogens is 867 g/mol. The summed E-state index contributed by atoms with van der Waals surface area (Å²) in [5, 5.41) is 21.6. The van der Waals surface area contributed by atoms with Crippen molar-refractivity contribution in [2.24, 2.45) is 33.8 Å². The van der Waals surface area contributed by atoms with Gasteiger partial charge in [-0.1, -0.05) is 44.2 Å². The van der Waals surface area contributed by atoms with Crippen LogP contribution in [-0.2, 0) is 51.2 Å². The third-order valence-electron chi connectivity index (χ3n) is 10.8. The summed E-state index contributed by atoms with van der Waals surface area (Å²) in [7, 11) is 0. The molecule has 1 aliphatic heterocycles. The van der Waals surface area contributed by atoms with Gasteiger partial charge in [-0.25, -0.2) is 4.98 Å². The van der Waals surface area contributed by atoms with E-state index < -0.39 is 89.6 Å². The molecule has 1 aromatic heterocycles. The molecule has 3 rings (SSSR count). The zero-order valence-electron chi connectivity index (χ0n) is 38.7. The van der Waals surface area contributed by atoms with E-state index in [2.05, 4.69) is 57.5 Å². The van der Waals surface area contributed by atoms with Gasteiger partial charge in [0.1, 0.15) is 36.3 Å². The van der Waals surface area contributed by atoms with Crippen LogP contribution in [0.25, 0.3) is 0 Å². The molecule has 0 saturated carbocycles. The van der Waals surface area contributed by atoms with Crippen molar-refractivity contribution in [3.05, 3.63) is 54.1 Å². The Hall–Kier alpha value is -6.62. The van der Waals surface area contributed by atoms with E-state index in [0.717, 1.165) is 5.56 Å². The number of imidazole rings is 1. The summed E-state index contributed by atoms with van der Waals surface area (Å²) in [4.78, 5) is 120. The van der Waals surface area contributed by atoms with Gasteiger partial charge in [-0.2, -0.15) is 0 Å². The quantitative estimate of drug-likeness (QED) is 0.0321. The number of carbonyl (C=O) groups is 8. The lowest BCUT2D eigenvalue weighted by molar-refractivity contribution is -0.136. The van der Waals surface area contributed by atoms with Crippen LogP contribution in [-0.4, -0.2) is 132 Å². The number of nitrogens with zero attached hydrogens (tertiary/aromatic N) is 2. The standard InChI is InChI=1S/C44H71N15O8/c1-26(2)20-34-43(67)59-35(21-28-12-5-4-6-13-28)39(63)52-24-36(60)50-18-10-8-15-32(42(66)58-34)56-41(65)33(16-11-19-51-44(47)48)57-40(64)31(14-7-9-17-45)55-37(61)27(3)54-38(62)30(46)22-29-23-49-25-53-29/h4-6,12-13,23,25-27,30-35H,7-11,14-22,24,45-46H2,1-3H3,(H,49,53)(H,50,60)(H,52,63)(H,54,62)(H,55,61)(H,56,65)(H,57,64)(H,58,66)(H,59,67)(H4,47,48,51)/t27-,30-,31-,32-,33-,34?,35?/m0/s1. The van der Waals surface area contributed by atoms with E-state index in [1.165, 1.54) is 19.4 Å². The lowest BCUT2D eigenvalue weighted by Crippen LogP contribution is -2.60. The number of rotatable bonds is 22. The normalized spacial score (nSPS) is 19.2. The second-order valence-electron chi connectivity index (χ2n) is 17.0. The fourth-order valence-electron chi connectivity index (χ4n) is 7.12. The van der Waals surface area contributed by atoms with E-state index in [0.29, 0.717) is 37.9 Å². The summed E-state index contributed by atoms with van der Waals surface area (Å²) in [6, 6.07) is 1.02. The van der Waals surface area contributed by atoms with E-state index in [1.54, 1.807) is 24.3 Å². The molecule has 7 atom stereocenters. The molecule has 1 aliphatic rings. The SMILES string of the molecule is CC(C)CC1NC(=O)[C@@H](NC(=O)[C@H](CCCN=C(N)N)NC(=O)[C@H](CCCCN)NC(=O)[C@H](C)NC(=O)[C@@H](N)Cc2cnc[nH]2)CCCCNC(=O)CNC(=O)C(Cc2ccccc2)NC1=O. The van der Waals surface area contributed by atoms with E-state index in [-0.39, 0.29) is 76.5 Å². The molecular formula is C44H71N15O8. The predicted octanol–water partition coefficient (Wildman–Crippen LogP) is -2.90. The van der Waals surface area contributed by atoms with Crippen LogP contribution in [0, 0.1) is 5.92 Å². The summed E-state index contributed by atoms with van der Waals surface area (Å²) in [5.41, 5.74) is 24.2. The van der Waals surface area contributed by atoms with Gasteiger partial charge in [0.2, 0.25) is 47.3 Å². The predicted molar refractivity (Wildman–Crippen MR) is 250 cm³/mol. The van der Waals surface area contributed by atoms with Crippen LogP contribution < -0.4 is 65.5 Å². The molecule has 8 amide bonds. The number of amides is 8. The van der Waals surface area contributed by atoms with Crippen LogP contribution in [0.2, 0.25) is 0 Å². The van der Waals surface area contributed by atoms with Gasteiger partial charge >= 0.3 is 0 Å². The lowest BCUT2D eigenvalue weighted by Gasteiger charge is -2.28. The maximum atomic E-state index is 14.3. The van der Waals surface area contributed by atoms with Gasteiger partial charge in [0.05, 0.1) is 18.9 Å². The van der Waals surface area contributed by atoms with Crippen LogP contribution in [0.3, 0.4) is 0 Å². The minimum absolute atomic E-state index is 0.00210. The molecule has 0 bridgehead atoms. The number of nitrogens with one attached hydrogen (secondary N) is 9. The van der Waals surface area contributed by atoms with E-state index in [4.69, 9.17) is 22.9 Å². The Morgan fingerprint density at radius 3 is 2.16 bits per heavy atom. The van der Waals surface area contributed by atoms with Crippen molar-refractivity contribution >= 4 is 53.2 Å². The van der Waals surface area contributed by atoms with Gasteiger partial charge in [-0.3, -0.25) is 43.3 Å². The molecule has 1 saturated heterocycles. The maximum Gasteiger partial charge on any atom is 0.243 e. The highest BCUT2D eigenvalue weighted by atomic mass is 16.2. The molecule has 0 radical (unpaired) electrons. The van der Waals surface area contributed by atoms with E-state index in [1.807, 2.05) is 19.9 Å². The minimum Gasteiger partial charge on any atom is -0.370 e. The third-order valence-corrected chi connectivity index (χ3v) is 10.8. The molecule has 2 unspecified atom stereocenters. The van der Waals surface area contributed by atoms with Gasteiger partial charge in [-0.15, -0.1) is 0 Å². The summed E-state index contributed by atoms with van der Waals surface area (Å²) in [6.07, 6.45) is 5.51. The van der Waals surface area contributed by atoms with Crippen molar-refractivity contribution < 1.29 is 38.4 Å². The summed E-state index contributed by atoms with van der Waals surface area (Å²) in [6.45, 7) is 5.47. The second kappa shape index (κ2) is 29.1. The van der Waals surface area contributed by atoms with Gasteiger partial charge in [0.25, 0.3) is 0 Å². The molecule has 0 spiro atoms. The molecule has 2 aromatic rings. The first-order chi connectivity index (χ1) is 32.0. The van der Waals surface area contributed by atoms with E-state index in [9.17, 15) is 38.4 Å². The fourth-order valence-corrected chi connectivity index (χ4v) is 7.12. The monoisotopic (exact) mass is 938 g/mol. The number of nitrogens with two attached hydrogens (primary N) is 4. The van der Waals surface area contributed by atoms with Gasteiger partial charge in [-0.05, 0) is 82.7 Å². The number of benzene rings is 1. The lowest BCUT2D eigenvalue weighted by atomic mass is 10.00. The van der Waals surface area contributed by atoms with Crippen molar-refractivity contribution in [3.63, 3.8) is 0 Å². The Morgan fingerprint density at radius 1 is 0.806 bits per heavy atom. The zero-order valence-corrected chi connectivity index (χ0v) is 38.7. The molecule has 1 fully saturated rings. The fraction of sp³-hybridized carbons (Fsp3) is 0.591. The molecule has 17 N–H and O–H groups in total. The average Bonchev–Trinajstić information content (AvgIpc) is 3.80. The highest BCUT2D eigenvalue weighted by Crippen LogP contribution is 2.12. The van der Waals surface area contributed by atoms with Crippen LogP contribution >= 0.6 is 0 Å². The zero-order chi connectivity index (χ0) is 49.3. The first kappa shape index (κ1) is 54.7. The molecule has 2 heterocycles. The number of aromatic amines is 1. The Labute approximate surface area is 391 Å². The smallest absolute Gasteiger partial charge is 0.243 e. The van der Waals surface area contributed by atoms with Crippen molar-refractivity contribution in [1.29, 1.82) is 0 Å². The number of aliphatic imine (C=N–C) groups is 1. The van der Waals surface area contributed by atoms with Gasteiger partial charge < -0.3 is 70.5 Å². The number of hydrogen-bond acceptors (Lipinski definition) is 12. The average molecular weight is 938 g/mol. The van der Waals surface area contributed by atoms with Crippen molar-refractivity contribution in [3.8, 4) is 0 Å². The number of hydrogen-bond donors (Lipinski definition) is 13. The molecule has 0 aliphatic carbocycles. The Morgan fingerprint density at radius 2 is 1.49 bits per heavy atom. The number of unbranched alkanes of at least 4 members (excludes halogenated alkanes) is 1. The van der Waals surface area contributed by atoms with E-state index >= 15 is 0 Å². The number of H-pyrrole nitrogens is 1. The highest BCUT2D eigenvalue weighted by molar-refractivity contribution is 5.97. The molecule has 370 valence electrons. The third kappa shape index (κ3) is 20.6. The summed E-state index contributed by atoms with van der Waals surface area (Å²) < 4.78 is 0. The Balaban J connectivity index is 1.86. The number of carbonyl (C=O) groups excluding carboxylic acids is 8. The Bertz CT molecular complexity index is 1950. The van der Waals surface area contributed by atoms with Crippen molar-refractivity contribution in [2.75, 3.05) is 26.2 Å². The van der Waals surface area contributed by atoms with Crippen LogP contribution in [0.4, 0.5) is 0 Å². The molecule has 1 aromatic carbocycles. The maximum absolute atomic E-state index is 14.3. The highest BCUT2D eigenvalue weighted by Gasteiger charge is 2.34.